The van der Waals surface area contributed by atoms with Crippen molar-refractivity contribution in [1.29, 1.82) is 0 Å². The van der Waals surface area contributed by atoms with Gasteiger partial charge in [-0.2, -0.15) is 0 Å². The van der Waals surface area contributed by atoms with Crippen molar-refractivity contribution < 1.29 is 8.60 Å². The second-order valence-electron chi connectivity index (χ2n) is 4.76. The van der Waals surface area contributed by atoms with Crippen LogP contribution in [0.15, 0.2) is 12.1 Å². The maximum atomic E-state index is 13.6. The molecule has 1 aromatic carbocycles. The van der Waals surface area contributed by atoms with Crippen LogP contribution in [0, 0.1) is 12.7 Å². The van der Waals surface area contributed by atoms with Gasteiger partial charge in [0.05, 0.1) is 16.4 Å². The topological polar surface area (TPSA) is 34.9 Å². The van der Waals surface area contributed by atoms with E-state index in [1.165, 1.54) is 6.07 Å². The van der Waals surface area contributed by atoms with Crippen LogP contribution >= 0.6 is 11.6 Å². The van der Waals surface area contributed by atoms with Crippen LogP contribution < -0.4 is 0 Å². The van der Waals surface area contributed by atoms with Gasteiger partial charge >= 0.3 is 0 Å². The van der Waals surface area contributed by atoms with E-state index in [2.05, 4.69) is 4.98 Å². The minimum atomic E-state index is -0.852. The van der Waals surface area contributed by atoms with Gasteiger partial charge in [-0.25, -0.2) is 9.37 Å². The quantitative estimate of drug-likeness (QED) is 0.791. The summed E-state index contributed by atoms with van der Waals surface area (Å²) in [5.74, 6) is 1.61. The summed E-state index contributed by atoms with van der Waals surface area (Å²) in [7, 11) is -0.852. The van der Waals surface area contributed by atoms with E-state index in [9.17, 15) is 8.60 Å². The van der Waals surface area contributed by atoms with Gasteiger partial charge in [-0.3, -0.25) is 4.21 Å². The molecule has 2 aromatic rings. The first-order valence-corrected chi connectivity index (χ1v) is 8.51. The predicted molar refractivity (Wildman–Crippen MR) is 82.2 cm³/mol. The maximum absolute atomic E-state index is 13.6. The Bertz CT molecular complexity index is 654. The summed E-state index contributed by atoms with van der Waals surface area (Å²) in [6.07, 6.45) is 0. The monoisotopic (exact) mass is 316 g/mol. The lowest BCUT2D eigenvalue weighted by molar-refractivity contribution is 0.620. The van der Waals surface area contributed by atoms with Crippen LogP contribution in [-0.4, -0.2) is 25.3 Å². The molecule has 20 heavy (non-hydrogen) atoms. The van der Waals surface area contributed by atoms with E-state index < -0.39 is 10.8 Å². The van der Waals surface area contributed by atoms with Crippen LogP contribution in [-0.2, 0) is 17.3 Å². The molecular formula is C14H18ClFN2OS. The fraction of sp³-hybridized carbons (Fsp3) is 0.500. The number of halogens is 2. The fourth-order valence-corrected chi connectivity index (χ4v) is 2.99. The minimum absolute atomic E-state index is 0.270. The molecule has 3 nitrogen and oxygen atoms in total. The van der Waals surface area contributed by atoms with E-state index >= 15 is 0 Å². The highest BCUT2D eigenvalue weighted by molar-refractivity contribution is 7.84. The molecule has 0 spiro atoms. The Morgan fingerprint density at radius 3 is 2.80 bits per heavy atom. The van der Waals surface area contributed by atoms with Crippen LogP contribution in [0.25, 0.3) is 11.0 Å². The summed E-state index contributed by atoms with van der Waals surface area (Å²) in [6.45, 7) is 6.03. The van der Waals surface area contributed by atoms with E-state index in [-0.39, 0.29) is 11.2 Å². The van der Waals surface area contributed by atoms with E-state index in [0.717, 1.165) is 5.52 Å². The zero-order chi connectivity index (χ0) is 14.9. The molecule has 2 rings (SSSR count). The number of aromatic nitrogens is 2. The van der Waals surface area contributed by atoms with Crippen LogP contribution in [0.4, 0.5) is 4.39 Å². The summed E-state index contributed by atoms with van der Waals surface area (Å²) in [4.78, 5) is 4.41. The molecule has 0 aliphatic heterocycles. The molecular weight excluding hydrogens is 299 g/mol. The van der Waals surface area contributed by atoms with Crippen molar-refractivity contribution in [2.75, 3.05) is 11.5 Å². The molecule has 2 unspecified atom stereocenters. The highest BCUT2D eigenvalue weighted by atomic mass is 35.5. The molecule has 0 saturated heterocycles. The summed E-state index contributed by atoms with van der Waals surface area (Å²) < 4.78 is 27.2. The van der Waals surface area contributed by atoms with Crippen LogP contribution in [0.3, 0.4) is 0 Å². The molecule has 110 valence electrons. The number of aryl methyl sites for hydroxylation is 2. The highest BCUT2D eigenvalue weighted by Crippen LogP contribution is 2.26. The second kappa shape index (κ2) is 6.22. The van der Waals surface area contributed by atoms with E-state index in [1.54, 1.807) is 13.0 Å². The second-order valence-corrected chi connectivity index (χ2v) is 7.28. The number of rotatable bonds is 5. The van der Waals surface area contributed by atoms with Crippen molar-refractivity contribution in [2.24, 2.45) is 0 Å². The Hall–Kier alpha value is -0.940. The number of hydrogen-bond donors (Lipinski definition) is 0. The number of alkyl halides is 1. The molecule has 1 aromatic heterocycles. The molecule has 0 amide bonds. The first-order chi connectivity index (χ1) is 9.43. The third kappa shape index (κ3) is 3.04. The molecule has 6 heteroatoms. The van der Waals surface area contributed by atoms with Crippen molar-refractivity contribution in [3.05, 3.63) is 29.3 Å². The van der Waals surface area contributed by atoms with Crippen molar-refractivity contribution in [3.63, 3.8) is 0 Å². The summed E-state index contributed by atoms with van der Waals surface area (Å²) in [5, 5.41) is -0.277. The first-order valence-electron chi connectivity index (χ1n) is 6.59. The van der Waals surface area contributed by atoms with Gasteiger partial charge in [0.25, 0.3) is 0 Å². The van der Waals surface area contributed by atoms with Gasteiger partial charge in [-0.15, -0.1) is 11.6 Å². The van der Waals surface area contributed by atoms with Crippen molar-refractivity contribution in [1.82, 2.24) is 9.55 Å². The van der Waals surface area contributed by atoms with Gasteiger partial charge in [-0.05, 0) is 25.5 Å². The highest BCUT2D eigenvalue weighted by Gasteiger charge is 2.16. The molecule has 0 N–H and O–H groups in total. The molecule has 0 saturated carbocycles. The fourth-order valence-electron chi connectivity index (χ4n) is 2.14. The lowest BCUT2D eigenvalue weighted by atomic mass is 10.2. The van der Waals surface area contributed by atoms with Crippen molar-refractivity contribution in [3.8, 4) is 0 Å². The number of nitrogens with zero attached hydrogens (tertiary/aromatic N) is 2. The third-order valence-electron chi connectivity index (χ3n) is 3.28. The zero-order valence-corrected chi connectivity index (χ0v) is 13.4. The van der Waals surface area contributed by atoms with Crippen LogP contribution in [0.1, 0.15) is 30.6 Å². The van der Waals surface area contributed by atoms with Gasteiger partial charge < -0.3 is 4.57 Å². The van der Waals surface area contributed by atoms with Gasteiger partial charge in [0.15, 0.2) is 0 Å². The largest absolute Gasteiger partial charge is 0.326 e. The molecule has 0 radical (unpaired) electrons. The number of imidazole rings is 1. The third-order valence-corrected chi connectivity index (χ3v) is 4.76. The van der Waals surface area contributed by atoms with E-state index in [4.69, 9.17) is 11.6 Å². The molecule has 0 aliphatic rings. The van der Waals surface area contributed by atoms with E-state index in [1.807, 2.05) is 18.4 Å². The summed E-state index contributed by atoms with van der Waals surface area (Å²) in [6, 6.07) is 3.20. The van der Waals surface area contributed by atoms with Crippen molar-refractivity contribution in [2.45, 2.75) is 32.7 Å². The molecule has 0 bridgehead atoms. The summed E-state index contributed by atoms with van der Waals surface area (Å²) in [5.41, 5.74) is 2.02. The Morgan fingerprint density at radius 1 is 1.50 bits per heavy atom. The van der Waals surface area contributed by atoms with Crippen LogP contribution in [0.5, 0.6) is 0 Å². The maximum Gasteiger partial charge on any atom is 0.128 e. The molecule has 0 fully saturated rings. The Labute approximate surface area is 125 Å². The average Bonchev–Trinajstić information content (AvgIpc) is 2.74. The van der Waals surface area contributed by atoms with Gasteiger partial charge in [-0.1, -0.05) is 6.92 Å². The predicted octanol–water partition coefficient (Wildman–Crippen LogP) is 3.55. The van der Waals surface area contributed by atoms with Gasteiger partial charge in [0, 0.05) is 34.9 Å². The van der Waals surface area contributed by atoms with E-state index in [0.29, 0.717) is 35.0 Å². The normalized spacial score (nSPS) is 14.7. The smallest absolute Gasteiger partial charge is 0.128 e. The number of benzene rings is 1. The zero-order valence-electron chi connectivity index (χ0n) is 11.8. The lowest BCUT2D eigenvalue weighted by Crippen LogP contribution is -2.12. The Morgan fingerprint density at radius 2 is 2.20 bits per heavy atom. The summed E-state index contributed by atoms with van der Waals surface area (Å²) >= 11 is 6.16. The average molecular weight is 317 g/mol. The number of hydrogen-bond acceptors (Lipinski definition) is 2. The van der Waals surface area contributed by atoms with Crippen LogP contribution in [0.2, 0.25) is 0 Å². The van der Waals surface area contributed by atoms with Gasteiger partial charge in [0.2, 0.25) is 0 Å². The number of fused-ring (bicyclic) bond motifs is 1. The lowest BCUT2D eigenvalue weighted by Gasteiger charge is -2.10. The van der Waals surface area contributed by atoms with Crippen molar-refractivity contribution >= 4 is 33.4 Å². The first kappa shape index (κ1) is 15.4. The Kier molecular flexibility index (Phi) is 4.81. The van der Waals surface area contributed by atoms with Gasteiger partial charge in [0.1, 0.15) is 11.6 Å². The standard InChI is InChI=1S/C14H18ClFN2OS/c1-4-20(19)6-5-18-13-7-9(2)11(16)8-12(13)17-14(18)10(3)15/h7-8,10H,4-6H2,1-3H3. The minimum Gasteiger partial charge on any atom is -0.326 e. The molecule has 2 atom stereocenters. The SMILES string of the molecule is CCS(=O)CCn1c(C(C)Cl)nc2cc(F)c(C)cc21. The Balaban J connectivity index is 2.50. The molecule has 1 heterocycles. The molecule has 0 aliphatic carbocycles.